The van der Waals surface area contributed by atoms with Crippen LogP contribution in [0.25, 0.3) is 5.69 Å². The predicted octanol–water partition coefficient (Wildman–Crippen LogP) is 4.10. The quantitative estimate of drug-likeness (QED) is 0.653. The molecule has 0 unspecified atom stereocenters. The Morgan fingerprint density at radius 1 is 1.33 bits per heavy atom. The van der Waals surface area contributed by atoms with E-state index in [1.54, 1.807) is 6.92 Å². The second-order valence-corrected chi connectivity index (χ2v) is 6.49. The Balaban J connectivity index is 1.83. The molecule has 0 aliphatic carbocycles. The fourth-order valence-corrected chi connectivity index (χ4v) is 3.12. The van der Waals surface area contributed by atoms with Gasteiger partial charge in [0, 0.05) is 5.38 Å². The van der Waals surface area contributed by atoms with Gasteiger partial charge in [0.1, 0.15) is 23.1 Å². The number of aryl methyl sites for hydroxylation is 2. The lowest BCUT2D eigenvalue weighted by Crippen LogP contribution is -2.07. The van der Waals surface area contributed by atoms with E-state index in [0.29, 0.717) is 17.1 Å². The highest BCUT2D eigenvalue weighted by Crippen LogP contribution is 2.25. The predicted molar refractivity (Wildman–Crippen MR) is 89.2 cm³/mol. The SMILES string of the molecule is Cc1nc(COC(=O)c2c(C)nn(-c3ccc(F)cc3)c2Cl)cs1. The van der Waals surface area contributed by atoms with E-state index >= 15 is 0 Å². The molecule has 2 heterocycles. The highest BCUT2D eigenvalue weighted by atomic mass is 35.5. The number of benzene rings is 1. The lowest BCUT2D eigenvalue weighted by atomic mass is 10.2. The maximum Gasteiger partial charge on any atom is 0.343 e. The van der Waals surface area contributed by atoms with Crippen molar-refractivity contribution in [1.29, 1.82) is 0 Å². The van der Waals surface area contributed by atoms with Gasteiger partial charge in [-0.3, -0.25) is 0 Å². The van der Waals surface area contributed by atoms with Gasteiger partial charge in [0.15, 0.2) is 0 Å². The average molecular weight is 366 g/mol. The van der Waals surface area contributed by atoms with Crippen molar-refractivity contribution >= 4 is 28.9 Å². The third-order valence-corrected chi connectivity index (χ3v) is 4.47. The van der Waals surface area contributed by atoms with Crippen molar-refractivity contribution in [3.8, 4) is 5.69 Å². The number of carbonyl (C=O) groups excluding carboxylic acids is 1. The van der Waals surface area contributed by atoms with Gasteiger partial charge >= 0.3 is 5.97 Å². The fourth-order valence-electron chi connectivity index (χ4n) is 2.17. The lowest BCUT2D eigenvalue weighted by molar-refractivity contribution is 0.0467. The molecule has 0 bridgehead atoms. The molecule has 0 saturated heterocycles. The minimum Gasteiger partial charge on any atom is -0.455 e. The first-order valence-corrected chi connectivity index (χ1v) is 8.30. The molecule has 3 aromatic rings. The molecule has 8 heteroatoms. The molecule has 0 aliphatic heterocycles. The number of nitrogens with zero attached hydrogens (tertiary/aromatic N) is 3. The summed E-state index contributed by atoms with van der Waals surface area (Å²) in [6, 6.07) is 5.65. The summed E-state index contributed by atoms with van der Waals surface area (Å²) in [4.78, 5) is 16.6. The summed E-state index contributed by atoms with van der Waals surface area (Å²) in [7, 11) is 0. The topological polar surface area (TPSA) is 57.0 Å². The summed E-state index contributed by atoms with van der Waals surface area (Å²) in [6.07, 6.45) is 0. The number of aromatic nitrogens is 3. The van der Waals surface area contributed by atoms with Crippen LogP contribution >= 0.6 is 22.9 Å². The summed E-state index contributed by atoms with van der Waals surface area (Å²) in [5, 5.41) is 7.10. The van der Waals surface area contributed by atoms with Gasteiger partial charge < -0.3 is 4.74 Å². The third kappa shape index (κ3) is 3.32. The summed E-state index contributed by atoms with van der Waals surface area (Å²) in [5.41, 5.74) is 1.86. The number of hydrogen-bond donors (Lipinski definition) is 0. The van der Waals surface area contributed by atoms with Crippen molar-refractivity contribution in [2.45, 2.75) is 20.5 Å². The zero-order valence-corrected chi connectivity index (χ0v) is 14.5. The number of carbonyl (C=O) groups is 1. The van der Waals surface area contributed by atoms with Crippen LogP contribution in [0, 0.1) is 19.7 Å². The van der Waals surface area contributed by atoms with Crippen LogP contribution in [-0.4, -0.2) is 20.7 Å². The van der Waals surface area contributed by atoms with Gasteiger partial charge in [-0.05, 0) is 38.1 Å². The van der Waals surface area contributed by atoms with Crippen LogP contribution in [0.4, 0.5) is 4.39 Å². The van der Waals surface area contributed by atoms with Crippen LogP contribution in [0.15, 0.2) is 29.6 Å². The smallest absolute Gasteiger partial charge is 0.343 e. The van der Waals surface area contributed by atoms with Gasteiger partial charge in [0.25, 0.3) is 0 Å². The fraction of sp³-hybridized carbons (Fsp3) is 0.188. The molecule has 24 heavy (non-hydrogen) atoms. The molecule has 5 nitrogen and oxygen atoms in total. The Labute approximate surface area is 146 Å². The second-order valence-electron chi connectivity index (χ2n) is 5.07. The van der Waals surface area contributed by atoms with Gasteiger partial charge in [-0.2, -0.15) is 5.10 Å². The van der Waals surface area contributed by atoms with E-state index in [0.717, 1.165) is 5.01 Å². The molecule has 0 N–H and O–H groups in total. The Morgan fingerprint density at radius 3 is 2.67 bits per heavy atom. The van der Waals surface area contributed by atoms with Crippen molar-refractivity contribution in [3.05, 3.63) is 62.6 Å². The normalized spacial score (nSPS) is 10.8. The van der Waals surface area contributed by atoms with Crippen LogP contribution in [-0.2, 0) is 11.3 Å². The van der Waals surface area contributed by atoms with Gasteiger partial charge in [-0.25, -0.2) is 18.9 Å². The van der Waals surface area contributed by atoms with Gasteiger partial charge in [0.2, 0.25) is 0 Å². The van der Waals surface area contributed by atoms with Gasteiger partial charge in [0.05, 0.1) is 22.1 Å². The van der Waals surface area contributed by atoms with Crippen LogP contribution in [0.2, 0.25) is 5.15 Å². The van der Waals surface area contributed by atoms with Gasteiger partial charge in [-0.1, -0.05) is 11.6 Å². The molecule has 1 aromatic carbocycles. The summed E-state index contributed by atoms with van der Waals surface area (Å²) >= 11 is 7.76. The maximum atomic E-state index is 13.0. The first-order valence-electron chi connectivity index (χ1n) is 7.05. The average Bonchev–Trinajstić information content (AvgIpc) is 3.09. The van der Waals surface area contributed by atoms with Crippen molar-refractivity contribution in [1.82, 2.24) is 14.8 Å². The van der Waals surface area contributed by atoms with Crippen molar-refractivity contribution in [3.63, 3.8) is 0 Å². The first-order chi connectivity index (χ1) is 11.5. The molecule has 0 fully saturated rings. The molecule has 3 rings (SSSR count). The molecule has 0 saturated carbocycles. The minimum atomic E-state index is -0.573. The zero-order valence-electron chi connectivity index (χ0n) is 12.9. The highest BCUT2D eigenvalue weighted by Gasteiger charge is 2.22. The van der Waals surface area contributed by atoms with E-state index in [4.69, 9.17) is 16.3 Å². The number of ether oxygens (including phenoxy) is 1. The van der Waals surface area contributed by atoms with Crippen molar-refractivity contribution in [2.75, 3.05) is 0 Å². The highest BCUT2D eigenvalue weighted by molar-refractivity contribution is 7.09. The van der Waals surface area contributed by atoms with E-state index in [-0.39, 0.29) is 23.1 Å². The molecule has 0 aliphatic rings. The van der Waals surface area contributed by atoms with Crippen LogP contribution in [0.5, 0.6) is 0 Å². The molecule has 124 valence electrons. The van der Waals surface area contributed by atoms with E-state index < -0.39 is 5.97 Å². The molecular weight excluding hydrogens is 353 g/mol. The number of hydrogen-bond acceptors (Lipinski definition) is 5. The van der Waals surface area contributed by atoms with E-state index in [2.05, 4.69) is 10.1 Å². The molecule has 0 spiro atoms. The molecular formula is C16H13ClFN3O2S. The standard InChI is InChI=1S/C16H13ClFN3O2S/c1-9-14(16(22)23-7-12-8-24-10(2)19-12)15(17)21(20-9)13-5-3-11(18)4-6-13/h3-6,8H,7H2,1-2H3. The summed E-state index contributed by atoms with van der Waals surface area (Å²) < 4.78 is 19.7. The monoisotopic (exact) mass is 365 g/mol. The third-order valence-electron chi connectivity index (χ3n) is 3.30. The van der Waals surface area contributed by atoms with Crippen LogP contribution < -0.4 is 0 Å². The molecule has 0 radical (unpaired) electrons. The number of esters is 1. The second kappa shape index (κ2) is 6.70. The number of rotatable bonds is 4. The molecule has 0 atom stereocenters. The number of halogens is 2. The lowest BCUT2D eigenvalue weighted by Gasteiger charge is -2.04. The maximum absolute atomic E-state index is 13.0. The Kier molecular flexibility index (Phi) is 4.64. The largest absolute Gasteiger partial charge is 0.455 e. The Bertz CT molecular complexity index is 889. The van der Waals surface area contributed by atoms with E-state index in [9.17, 15) is 9.18 Å². The summed E-state index contributed by atoms with van der Waals surface area (Å²) in [6.45, 7) is 3.61. The zero-order chi connectivity index (χ0) is 17.3. The Hall–Kier alpha value is -2.25. The first kappa shape index (κ1) is 16.6. The van der Waals surface area contributed by atoms with Crippen LogP contribution in [0.3, 0.4) is 0 Å². The number of thiazole rings is 1. The van der Waals surface area contributed by atoms with Crippen molar-refractivity contribution < 1.29 is 13.9 Å². The van der Waals surface area contributed by atoms with E-state index in [1.807, 2.05) is 12.3 Å². The van der Waals surface area contributed by atoms with Crippen LogP contribution in [0.1, 0.15) is 26.8 Å². The Morgan fingerprint density at radius 2 is 2.04 bits per heavy atom. The summed E-state index contributed by atoms with van der Waals surface area (Å²) in [5.74, 6) is -0.937. The molecule has 2 aromatic heterocycles. The molecule has 0 amide bonds. The van der Waals surface area contributed by atoms with Crippen molar-refractivity contribution in [2.24, 2.45) is 0 Å². The van der Waals surface area contributed by atoms with Gasteiger partial charge in [-0.15, -0.1) is 11.3 Å². The minimum absolute atomic E-state index is 0.0701. The van der Waals surface area contributed by atoms with E-state index in [1.165, 1.54) is 40.3 Å².